The Morgan fingerprint density at radius 1 is 1.00 bits per heavy atom. The molecule has 1 aromatic carbocycles. The molecular weight excluding hydrogens is 284 g/mol. The molecule has 0 aliphatic carbocycles. The van der Waals surface area contributed by atoms with Crippen LogP contribution >= 0.6 is 0 Å². The Balaban J connectivity index is 2.31. The second kappa shape index (κ2) is 7.95. The van der Waals surface area contributed by atoms with Gasteiger partial charge in [-0.1, -0.05) is 26.0 Å². The van der Waals surface area contributed by atoms with E-state index in [9.17, 15) is 0 Å². The zero-order valence-electron chi connectivity index (χ0n) is 15.0. The molecule has 0 aliphatic heterocycles. The zero-order valence-corrected chi connectivity index (χ0v) is 15.0. The van der Waals surface area contributed by atoms with Gasteiger partial charge in [0, 0.05) is 30.5 Å². The Bertz CT molecular complexity index is 646. The van der Waals surface area contributed by atoms with Gasteiger partial charge in [0.05, 0.1) is 0 Å². The van der Waals surface area contributed by atoms with E-state index in [-0.39, 0.29) is 0 Å². The molecule has 0 fully saturated rings. The van der Waals surface area contributed by atoms with Crippen LogP contribution in [-0.4, -0.2) is 23.1 Å². The quantitative estimate of drug-likeness (QED) is 0.799. The van der Waals surface area contributed by atoms with Crippen LogP contribution in [0.1, 0.15) is 43.5 Å². The lowest BCUT2D eigenvalue weighted by Gasteiger charge is -2.22. The predicted octanol–water partition coefficient (Wildman–Crippen LogP) is 4.77. The second-order valence-corrected chi connectivity index (χ2v) is 6.05. The van der Waals surface area contributed by atoms with Crippen molar-refractivity contribution in [3.05, 3.63) is 41.1 Å². The summed E-state index contributed by atoms with van der Waals surface area (Å²) in [6.45, 7) is 12.6. The highest BCUT2D eigenvalue weighted by atomic mass is 15.3. The molecule has 2 rings (SSSR count). The summed E-state index contributed by atoms with van der Waals surface area (Å²) in [6.07, 6.45) is 2.19. The molecule has 1 aromatic heterocycles. The molecule has 0 radical (unpaired) electrons. The van der Waals surface area contributed by atoms with Crippen molar-refractivity contribution in [2.75, 3.05) is 23.3 Å². The van der Waals surface area contributed by atoms with E-state index in [0.29, 0.717) is 0 Å². The van der Waals surface area contributed by atoms with Crippen LogP contribution in [0.25, 0.3) is 0 Å². The monoisotopic (exact) mass is 312 g/mol. The van der Waals surface area contributed by atoms with E-state index >= 15 is 0 Å². The summed E-state index contributed by atoms with van der Waals surface area (Å²) < 4.78 is 0. The average molecular weight is 312 g/mol. The topological polar surface area (TPSA) is 41.1 Å². The number of hydrogen-bond donors (Lipinski definition) is 1. The summed E-state index contributed by atoms with van der Waals surface area (Å²) >= 11 is 0. The molecule has 0 unspecified atom stereocenters. The number of hydrogen-bond acceptors (Lipinski definition) is 4. The van der Waals surface area contributed by atoms with Crippen LogP contribution < -0.4 is 10.2 Å². The average Bonchev–Trinajstić information content (AvgIpc) is 2.51. The third-order valence-electron chi connectivity index (χ3n) is 3.98. The first-order valence-electron chi connectivity index (χ1n) is 8.49. The van der Waals surface area contributed by atoms with Crippen LogP contribution in [-0.2, 0) is 0 Å². The van der Waals surface area contributed by atoms with Crippen molar-refractivity contribution >= 4 is 17.5 Å². The first-order valence-corrected chi connectivity index (χ1v) is 8.49. The third-order valence-corrected chi connectivity index (χ3v) is 3.98. The van der Waals surface area contributed by atoms with Crippen molar-refractivity contribution in [3.8, 4) is 0 Å². The Labute approximate surface area is 140 Å². The first kappa shape index (κ1) is 17.3. The summed E-state index contributed by atoms with van der Waals surface area (Å²) in [7, 11) is 0. The zero-order chi connectivity index (χ0) is 16.8. The van der Waals surface area contributed by atoms with Crippen LogP contribution in [0.5, 0.6) is 0 Å². The summed E-state index contributed by atoms with van der Waals surface area (Å²) in [5.41, 5.74) is 4.62. The molecule has 0 spiro atoms. The number of aromatic nitrogens is 2. The largest absolute Gasteiger partial charge is 0.341 e. The molecule has 4 nitrogen and oxygen atoms in total. The van der Waals surface area contributed by atoms with E-state index in [4.69, 9.17) is 4.98 Å². The van der Waals surface area contributed by atoms with Gasteiger partial charge in [0.2, 0.25) is 5.95 Å². The lowest BCUT2D eigenvalue weighted by Crippen LogP contribution is -2.27. The van der Waals surface area contributed by atoms with Crippen LogP contribution in [0.3, 0.4) is 0 Å². The van der Waals surface area contributed by atoms with E-state index in [1.807, 2.05) is 13.0 Å². The number of nitrogens with zero attached hydrogens (tertiary/aromatic N) is 3. The standard InChI is InChI=1S/C19H28N4/c1-6-11-23(12-7-2)19-20-15(4)13-18(22-19)21-17-10-8-9-14(3)16(17)5/h8-10,13H,6-7,11-12H2,1-5H3,(H,20,21,22). The molecule has 124 valence electrons. The SMILES string of the molecule is CCCN(CCC)c1nc(C)cc(Nc2cccc(C)c2C)n1. The minimum Gasteiger partial charge on any atom is -0.341 e. The van der Waals surface area contributed by atoms with Crippen LogP contribution in [0, 0.1) is 20.8 Å². The second-order valence-electron chi connectivity index (χ2n) is 6.05. The van der Waals surface area contributed by atoms with E-state index in [1.54, 1.807) is 0 Å². The lowest BCUT2D eigenvalue weighted by molar-refractivity contribution is 0.720. The van der Waals surface area contributed by atoms with Gasteiger partial charge in [-0.2, -0.15) is 4.98 Å². The molecule has 0 atom stereocenters. The lowest BCUT2D eigenvalue weighted by atomic mass is 10.1. The van der Waals surface area contributed by atoms with E-state index in [0.717, 1.165) is 49.1 Å². The molecule has 0 amide bonds. The van der Waals surface area contributed by atoms with Gasteiger partial charge < -0.3 is 10.2 Å². The Kier molecular flexibility index (Phi) is 5.97. The molecule has 23 heavy (non-hydrogen) atoms. The Hall–Kier alpha value is -2.10. The number of anilines is 3. The van der Waals surface area contributed by atoms with Crippen molar-refractivity contribution in [1.29, 1.82) is 0 Å². The van der Waals surface area contributed by atoms with E-state index in [2.05, 4.69) is 61.1 Å². The van der Waals surface area contributed by atoms with Crippen molar-refractivity contribution in [3.63, 3.8) is 0 Å². The van der Waals surface area contributed by atoms with Gasteiger partial charge in [-0.3, -0.25) is 0 Å². The van der Waals surface area contributed by atoms with Crippen LogP contribution in [0.4, 0.5) is 17.5 Å². The first-order chi connectivity index (χ1) is 11.0. The molecule has 0 bridgehead atoms. The highest BCUT2D eigenvalue weighted by molar-refractivity contribution is 5.63. The third kappa shape index (κ3) is 4.44. The Morgan fingerprint density at radius 2 is 1.70 bits per heavy atom. The Morgan fingerprint density at radius 3 is 2.35 bits per heavy atom. The molecule has 2 aromatic rings. The van der Waals surface area contributed by atoms with Gasteiger partial charge in [-0.15, -0.1) is 0 Å². The maximum atomic E-state index is 4.74. The molecular formula is C19H28N4. The van der Waals surface area contributed by atoms with Gasteiger partial charge in [0.15, 0.2) is 0 Å². The highest BCUT2D eigenvalue weighted by Crippen LogP contribution is 2.23. The van der Waals surface area contributed by atoms with Crippen LogP contribution in [0.2, 0.25) is 0 Å². The number of aryl methyl sites for hydroxylation is 2. The maximum absolute atomic E-state index is 4.74. The van der Waals surface area contributed by atoms with Gasteiger partial charge in [0.1, 0.15) is 5.82 Å². The summed E-state index contributed by atoms with van der Waals surface area (Å²) in [6, 6.07) is 8.29. The number of rotatable bonds is 7. The summed E-state index contributed by atoms with van der Waals surface area (Å²) in [5, 5.41) is 3.46. The normalized spacial score (nSPS) is 10.7. The fourth-order valence-electron chi connectivity index (χ4n) is 2.63. The van der Waals surface area contributed by atoms with Gasteiger partial charge in [0.25, 0.3) is 0 Å². The predicted molar refractivity (Wildman–Crippen MR) is 98.8 cm³/mol. The highest BCUT2D eigenvalue weighted by Gasteiger charge is 2.11. The minimum atomic E-state index is 0.821. The number of benzene rings is 1. The summed E-state index contributed by atoms with van der Waals surface area (Å²) in [5.74, 6) is 1.68. The van der Waals surface area contributed by atoms with Gasteiger partial charge in [-0.25, -0.2) is 4.98 Å². The fourth-order valence-corrected chi connectivity index (χ4v) is 2.63. The smallest absolute Gasteiger partial charge is 0.227 e. The van der Waals surface area contributed by atoms with E-state index < -0.39 is 0 Å². The molecule has 4 heteroatoms. The molecule has 0 aliphatic rings. The summed E-state index contributed by atoms with van der Waals surface area (Å²) in [4.78, 5) is 11.6. The fraction of sp³-hybridized carbons (Fsp3) is 0.474. The van der Waals surface area contributed by atoms with E-state index in [1.165, 1.54) is 11.1 Å². The van der Waals surface area contributed by atoms with Crippen molar-refractivity contribution < 1.29 is 0 Å². The van der Waals surface area contributed by atoms with Gasteiger partial charge in [-0.05, 0) is 50.8 Å². The van der Waals surface area contributed by atoms with Crippen molar-refractivity contribution in [2.24, 2.45) is 0 Å². The number of nitrogens with one attached hydrogen (secondary N) is 1. The molecule has 0 saturated heterocycles. The van der Waals surface area contributed by atoms with Crippen LogP contribution in [0.15, 0.2) is 24.3 Å². The minimum absolute atomic E-state index is 0.821. The van der Waals surface area contributed by atoms with Gasteiger partial charge >= 0.3 is 0 Å². The van der Waals surface area contributed by atoms with Crippen molar-refractivity contribution in [1.82, 2.24) is 9.97 Å². The van der Waals surface area contributed by atoms with Crippen molar-refractivity contribution in [2.45, 2.75) is 47.5 Å². The molecule has 0 saturated carbocycles. The molecule has 1 N–H and O–H groups in total. The maximum Gasteiger partial charge on any atom is 0.227 e. The molecule has 1 heterocycles.